The smallest absolute Gasteiger partial charge is 0.423 e. The first kappa shape index (κ1) is 13.9. The van der Waals surface area contributed by atoms with Gasteiger partial charge in [0.2, 0.25) is 0 Å². The van der Waals surface area contributed by atoms with Crippen LogP contribution in [0.25, 0.3) is 11.0 Å². The molecule has 0 aliphatic carbocycles. The number of hydrogen-bond donors (Lipinski definition) is 2. The number of rotatable bonds is 3. The molecule has 0 atom stereocenters. The number of imidazole rings is 1. The Hall–Kier alpha value is -2.11. The van der Waals surface area contributed by atoms with Gasteiger partial charge < -0.3 is 14.6 Å². The molecule has 3 rings (SSSR count). The van der Waals surface area contributed by atoms with Crippen LogP contribution in [0.15, 0.2) is 42.7 Å². The highest BCUT2D eigenvalue weighted by molar-refractivity contribution is 6.59. The molecule has 3 aromatic rings. The molecule has 0 aliphatic rings. The van der Waals surface area contributed by atoms with Crippen LogP contribution < -0.4 is 5.46 Å². The van der Waals surface area contributed by atoms with Crippen molar-refractivity contribution in [1.82, 2.24) is 9.55 Å². The van der Waals surface area contributed by atoms with Gasteiger partial charge in [-0.25, -0.2) is 4.98 Å². The van der Waals surface area contributed by atoms with Gasteiger partial charge in [-0.15, -0.1) is 0 Å². The first-order chi connectivity index (χ1) is 10.1. The molecule has 0 saturated carbocycles. The number of benzene rings is 2. The first-order valence-corrected chi connectivity index (χ1v) is 6.92. The van der Waals surface area contributed by atoms with E-state index in [0.717, 1.165) is 16.6 Å². The quantitative estimate of drug-likeness (QED) is 0.713. The van der Waals surface area contributed by atoms with Gasteiger partial charge in [0.1, 0.15) is 0 Å². The Morgan fingerprint density at radius 2 is 1.81 bits per heavy atom. The molecule has 0 spiro atoms. The maximum Gasteiger partial charge on any atom is 0.488 e. The Balaban J connectivity index is 2.05. The van der Waals surface area contributed by atoms with E-state index >= 15 is 0 Å². The zero-order valence-electron chi connectivity index (χ0n) is 12.1. The van der Waals surface area contributed by atoms with Crippen LogP contribution in [-0.4, -0.2) is 26.7 Å². The second kappa shape index (κ2) is 5.35. The van der Waals surface area contributed by atoms with Gasteiger partial charge in [-0.05, 0) is 48.1 Å². The Morgan fingerprint density at radius 1 is 1.10 bits per heavy atom. The second-order valence-corrected chi connectivity index (χ2v) is 5.37. The highest BCUT2D eigenvalue weighted by Gasteiger charge is 2.16. The molecule has 0 aliphatic heterocycles. The van der Waals surface area contributed by atoms with Gasteiger partial charge >= 0.3 is 7.12 Å². The second-order valence-electron chi connectivity index (χ2n) is 5.37. The predicted octanol–water partition coefficient (Wildman–Crippen LogP) is 1.38. The third kappa shape index (κ3) is 2.58. The van der Waals surface area contributed by atoms with Crippen molar-refractivity contribution in [2.75, 3.05) is 0 Å². The van der Waals surface area contributed by atoms with E-state index in [0.29, 0.717) is 12.0 Å². The van der Waals surface area contributed by atoms with Crippen LogP contribution in [0.2, 0.25) is 0 Å². The van der Waals surface area contributed by atoms with Gasteiger partial charge in [-0.1, -0.05) is 24.3 Å². The highest BCUT2D eigenvalue weighted by Crippen LogP contribution is 2.19. The van der Waals surface area contributed by atoms with E-state index in [9.17, 15) is 10.0 Å². The summed E-state index contributed by atoms with van der Waals surface area (Å²) in [6, 6.07) is 11.5. The van der Waals surface area contributed by atoms with Crippen LogP contribution in [0.1, 0.15) is 16.7 Å². The average molecular weight is 280 g/mol. The fourth-order valence-electron chi connectivity index (χ4n) is 2.55. The normalized spacial score (nSPS) is 11.0. The van der Waals surface area contributed by atoms with E-state index < -0.39 is 7.12 Å². The third-order valence-electron chi connectivity index (χ3n) is 3.91. The molecule has 5 heteroatoms. The van der Waals surface area contributed by atoms with Gasteiger partial charge in [0.15, 0.2) is 0 Å². The standard InChI is InChI=1S/C16H17BN2O2/c1-11-7-15-16(8-12(11)2)19(10-18-15)9-13-5-3-4-6-14(13)17(20)21/h3-8,10,20-21H,9H2,1-2H3. The summed E-state index contributed by atoms with van der Waals surface area (Å²) < 4.78 is 2.03. The molecule has 0 amide bonds. The van der Waals surface area contributed by atoms with Gasteiger partial charge in [0.05, 0.1) is 17.4 Å². The van der Waals surface area contributed by atoms with Gasteiger partial charge in [0, 0.05) is 6.54 Å². The molecule has 21 heavy (non-hydrogen) atoms. The minimum Gasteiger partial charge on any atom is -0.423 e. The molecule has 4 nitrogen and oxygen atoms in total. The SMILES string of the molecule is Cc1cc2ncn(Cc3ccccc3B(O)O)c2cc1C. The minimum absolute atomic E-state index is 0.531. The van der Waals surface area contributed by atoms with Crippen molar-refractivity contribution in [3.8, 4) is 0 Å². The fraction of sp³-hybridized carbons (Fsp3) is 0.188. The van der Waals surface area contributed by atoms with Crippen molar-refractivity contribution in [2.45, 2.75) is 20.4 Å². The molecule has 2 N–H and O–H groups in total. The van der Waals surface area contributed by atoms with Crippen LogP contribution in [0.4, 0.5) is 0 Å². The number of fused-ring (bicyclic) bond motifs is 1. The molecule has 0 unspecified atom stereocenters. The van der Waals surface area contributed by atoms with E-state index in [1.807, 2.05) is 16.7 Å². The van der Waals surface area contributed by atoms with Crippen molar-refractivity contribution in [3.63, 3.8) is 0 Å². The monoisotopic (exact) mass is 280 g/mol. The number of nitrogens with zero attached hydrogens (tertiary/aromatic N) is 2. The molecule has 0 bridgehead atoms. The molecular weight excluding hydrogens is 263 g/mol. The summed E-state index contributed by atoms with van der Waals surface area (Å²) in [7, 11) is -1.46. The van der Waals surface area contributed by atoms with Crippen LogP contribution >= 0.6 is 0 Å². The third-order valence-corrected chi connectivity index (χ3v) is 3.91. The van der Waals surface area contributed by atoms with E-state index in [1.54, 1.807) is 18.5 Å². The van der Waals surface area contributed by atoms with Crippen molar-refractivity contribution in [1.29, 1.82) is 0 Å². The van der Waals surface area contributed by atoms with Crippen molar-refractivity contribution in [3.05, 3.63) is 59.4 Å². The largest absolute Gasteiger partial charge is 0.488 e. The van der Waals surface area contributed by atoms with E-state index in [1.165, 1.54) is 11.1 Å². The maximum atomic E-state index is 9.46. The molecule has 0 saturated heterocycles. The average Bonchev–Trinajstić information content (AvgIpc) is 2.82. The zero-order chi connectivity index (χ0) is 15.0. The molecule has 1 heterocycles. The summed E-state index contributed by atoms with van der Waals surface area (Å²) in [5, 5.41) is 18.9. The van der Waals surface area contributed by atoms with Crippen LogP contribution in [-0.2, 0) is 6.54 Å². The Morgan fingerprint density at radius 3 is 2.57 bits per heavy atom. The fourth-order valence-corrected chi connectivity index (χ4v) is 2.55. The first-order valence-electron chi connectivity index (χ1n) is 6.92. The summed E-state index contributed by atoms with van der Waals surface area (Å²) in [6.07, 6.45) is 1.80. The lowest BCUT2D eigenvalue weighted by Crippen LogP contribution is -2.33. The van der Waals surface area contributed by atoms with E-state index in [4.69, 9.17) is 0 Å². The highest BCUT2D eigenvalue weighted by atomic mass is 16.4. The number of aromatic nitrogens is 2. The van der Waals surface area contributed by atoms with Crippen molar-refractivity contribution >= 4 is 23.6 Å². The van der Waals surface area contributed by atoms with Gasteiger partial charge in [-0.2, -0.15) is 0 Å². The van der Waals surface area contributed by atoms with E-state index in [2.05, 4.69) is 31.0 Å². The van der Waals surface area contributed by atoms with Crippen molar-refractivity contribution in [2.24, 2.45) is 0 Å². The molecule has 0 radical (unpaired) electrons. The van der Waals surface area contributed by atoms with Crippen LogP contribution in [0.5, 0.6) is 0 Å². The molecule has 106 valence electrons. The number of aryl methyl sites for hydroxylation is 2. The topological polar surface area (TPSA) is 58.3 Å². The molecular formula is C16H17BN2O2. The zero-order valence-corrected chi connectivity index (χ0v) is 12.1. The molecule has 0 fully saturated rings. The minimum atomic E-state index is -1.46. The Kier molecular flexibility index (Phi) is 3.53. The van der Waals surface area contributed by atoms with Crippen molar-refractivity contribution < 1.29 is 10.0 Å². The summed E-state index contributed by atoms with van der Waals surface area (Å²) in [4.78, 5) is 4.43. The summed E-state index contributed by atoms with van der Waals surface area (Å²) in [6.45, 7) is 4.72. The number of hydrogen-bond acceptors (Lipinski definition) is 3. The summed E-state index contributed by atoms with van der Waals surface area (Å²) >= 11 is 0. The Labute approximate surface area is 123 Å². The maximum absolute atomic E-state index is 9.46. The molecule has 1 aromatic heterocycles. The summed E-state index contributed by atoms with van der Waals surface area (Å²) in [5.74, 6) is 0. The molecule has 2 aromatic carbocycles. The Bertz CT molecular complexity index is 796. The predicted molar refractivity (Wildman–Crippen MR) is 84.6 cm³/mol. The van der Waals surface area contributed by atoms with Crippen LogP contribution in [0, 0.1) is 13.8 Å². The lowest BCUT2D eigenvalue weighted by atomic mass is 9.77. The lowest BCUT2D eigenvalue weighted by molar-refractivity contribution is 0.425. The van der Waals surface area contributed by atoms with E-state index in [-0.39, 0.29) is 0 Å². The lowest BCUT2D eigenvalue weighted by Gasteiger charge is -2.10. The van der Waals surface area contributed by atoms with Gasteiger partial charge in [0.25, 0.3) is 0 Å². The van der Waals surface area contributed by atoms with Gasteiger partial charge in [-0.3, -0.25) is 0 Å². The summed E-state index contributed by atoms with van der Waals surface area (Å²) in [5.41, 5.74) is 5.87. The van der Waals surface area contributed by atoms with Crippen LogP contribution in [0.3, 0.4) is 0 Å².